The SMILES string of the molecule is CCCOc1cccc(/C(O)=C2\C(=O)C(=O)N(c3cccc(OC)c3)C2c2ccc(OC(C)C)cc2)c1. The van der Waals surface area contributed by atoms with Crippen LogP contribution in [0.1, 0.15) is 44.4 Å². The number of benzene rings is 3. The van der Waals surface area contributed by atoms with Gasteiger partial charge in [-0.25, -0.2) is 0 Å². The van der Waals surface area contributed by atoms with Gasteiger partial charge in [0, 0.05) is 17.3 Å². The monoisotopic (exact) mass is 501 g/mol. The maximum Gasteiger partial charge on any atom is 0.300 e. The molecule has 192 valence electrons. The zero-order valence-electron chi connectivity index (χ0n) is 21.4. The van der Waals surface area contributed by atoms with Crippen molar-refractivity contribution in [1.82, 2.24) is 0 Å². The van der Waals surface area contributed by atoms with E-state index in [9.17, 15) is 14.7 Å². The number of hydrogen-bond donors (Lipinski definition) is 1. The molecule has 1 heterocycles. The second-order valence-electron chi connectivity index (χ2n) is 8.98. The number of amides is 1. The van der Waals surface area contributed by atoms with Crippen molar-refractivity contribution in [3.8, 4) is 17.2 Å². The van der Waals surface area contributed by atoms with Crippen molar-refractivity contribution in [3.05, 3.63) is 89.5 Å². The van der Waals surface area contributed by atoms with E-state index < -0.39 is 17.7 Å². The molecule has 0 spiro atoms. The standard InChI is InChI=1S/C30H31NO6/c1-5-16-36-25-11-6-8-21(17-25)28(32)26-27(20-12-14-23(15-13-20)37-19(2)3)31(30(34)29(26)33)22-9-7-10-24(18-22)35-4/h6-15,17-19,27,32H,5,16H2,1-4H3/b28-26+. The smallest absolute Gasteiger partial charge is 0.300 e. The lowest BCUT2D eigenvalue weighted by molar-refractivity contribution is -0.132. The summed E-state index contributed by atoms with van der Waals surface area (Å²) in [6, 6.07) is 20.1. The van der Waals surface area contributed by atoms with Gasteiger partial charge in [-0.05, 0) is 62.2 Å². The number of ether oxygens (including phenoxy) is 3. The third kappa shape index (κ3) is 5.45. The zero-order chi connectivity index (χ0) is 26.5. The molecule has 1 N–H and O–H groups in total. The van der Waals surface area contributed by atoms with E-state index >= 15 is 0 Å². The van der Waals surface area contributed by atoms with Crippen LogP contribution in [-0.2, 0) is 9.59 Å². The van der Waals surface area contributed by atoms with Crippen LogP contribution in [0.25, 0.3) is 5.76 Å². The Morgan fingerprint density at radius 3 is 2.32 bits per heavy atom. The number of aliphatic hydroxyl groups is 1. The molecule has 1 aliphatic rings. The molecule has 1 saturated heterocycles. The molecule has 7 heteroatoms. The minimum atomic E-state index is -0.861. The minimum Gasteiger partial charge on any atom is -0.507 e. The first-order chi connectivity index (χ1) is 17.8. The number of Topliss-reactive ketones (excluding diaryl/α,β-unsaturated/α-hetero) is 1. The third-order valence-electron chi connectivity index (χ3n) is 5.92. The van der Waals surface area contributed by atoms with E-state index in [1.165, 1.54) is 12.0 Å². The molecule has 7 nitrogen and oxygen atoms in total. The van der Waals surface area contributed by atoms with E-state index in [-0.39, 0.29) is 17.4 Å². The van der Waals surface area contributed by atoms with Gasteiger partial charge in [0.1, 0.15) is 23.0 Å². The highest BCUT2D eigenvalue weighted by Gasteiger charge is 2.47. The molecule has 1 amide bonds. The summed E-state index contributed by atoms with van der Waals surface area (Å²) in [5, 5.41) is 11.4. The van der Waals surface area contributed by atoms with Crippen LogP contribution in [0, 0.1) is 0 Å². The predicted octanol–water partition coefficient (Wildman–Crippen LogP) is 5.90. The maximum absolute atomic E-state index is 13.4. The summed E-state index contributed by atoms with van der Waals surface area (Å²) >= 11 is 0. The van der Waals surface area contributed by atoms with Gasteiger partial charge >= 0.3 is 0 Å². The quantitative estimate of drug-likeness (QED) is 0.223. The molecule has 1 fully saturated rings. The van der Waals surface area contributed by atoms with Crippen LogP contribution in [-0.4, -0.2) is 36.6 Å². The van der Waals surface area contributed by atoms with Crippen molar-refractivity contribution < 1.29 is 28.9 Å². The minimum absolute atomic E-state index is 0.00186. The van der Waals surface area contributed by atoms with Crippen molar-refractivity contribution in [2.24, 2.45) is 0 Å². The molecule has 0 bridgehead atoms. The molecule has 1 unspecified atom stereocenters. The Morgan fingerprint density at radius 1 is 0.946 bits per heavy atom. The molecular formula is C30H31NO6. The van der Waals surface area contributed by atoms with Gasteiger partial charge in [0.25, 0.3) is 11.7 Å². The predicted molar refractivity (Wildman–Crippen MR) is 142 cm³/mol. The summed E-state index contributed by atoms with van der Waals surface area (Å²) in [4.78, 5) is 28.2. The highest BCUT2D eigenvalue weighted by atomic mass is 16.5. The normalized spacial score (nSPS) is 16.8. The lowest BCUT2D eigenvalue weighted by Gasteiger charge is -2.26. The first-order valence-corrected chi connectivity index (χ1v) is 12.3. The van der Waals surface area contributed by atoms with E-state index in [1.54, 1.807) is 72.8 Å². The molecule has 0 saturated carbocycles. The second kappa shape index (κ2) is 11.2. The van der Waals surface area contributed by atoms with Gasteiger partial charge in [-0.15, -0.1) is 0 Å². The number of hydrogen-bond acceptors (Lipinski definition) is 6. The average Bonchev–Trinajstić information content (AvgIpc) is 3.17. The molecule has 3 aromatic rings. The number of anilines is 1. The van der Waals surface area contributed by atoms with Gasteiger partial charge in [0.2, 0.25) is 0 Å². The molecule has 1 aliphatic heterocycles. The number of methoxy groups -OCH3 is 1. The third-order valence-corrected chi connectivity index (χ3v) is 5.92. The summed E-state index contributed by atoms with van der Waals surface area (Å²) in [5.41, 5.74) is 1.52. The summed E-state index contributed by atoms with van der Waals surface area (Å²) in [6.07, 6.45) is 0.828. The van der Waals surface area contributed by atoms with E-state index in [1.807, 2.05) is 20.8 Å². The Bertz CT molecular complexity index is 1310. The topological polar surface area (TPSA) is 85.3 Å². The van der Waals surface area contributed by atoms with Gasteiger partial charge in [-0.2, -0.15) is 0 Å². The van der Waals surface area contributed by atoms with Crippen molar-refractivity contribution in [2.45, 2.75) is 39.3 Å². The van der Waals surface area contributed by atoms with Gasteiger partial charge < -0.3 is 19.3 Å². The number of carbonyl (C=O) groups is 2. The number of carbonyl (C=O) groups excluding carboxylic acids is 2. The van der Waals surface area contributed by atoms with E-state index in [0.29, 0.717) is 40.7 Å². The number of nitrogens with zero attached hydrogens (tertiary/aromatic N) is 1. The number of ketones is 1. The average molecular weight is 502 g/mol. The molecule has 37 heavy (non-hydrogen) atoms. The molecule has 0 aliphatic carbocycles. The first-order valence-electron chi connectivity index (χ1n) is 12.3. The van der Waals surface area contributed by atoms with Gasteiger partial charge in [-0.3, -0.25) is 14.5 Å². The Labute approximate surface area is 216 Å². The Hall–Kier alpha value is -4.26. The number of rotatable bonds is 9. The van der Waals surface area contributed by atoms with Crippen LogP contribution in [0.4, 0.5) is 5.69 Å². The lowest BCUT2D eigenvalue weighted by Crippen LogP contribution is -2.29. The molecule has 4 rings (SSSR count). The molecule has 1 atom stereocenters. The van der Waals surface area contributed by atoms with Crippen molar-refractivity contribution in [2.75, 3.05) is 18.6 Å². The maximum atomic E-state index is 13.4. The van der Waals surface area contributed by atoms with Gasteiger partial charge in [-0.1, -0.05) is 37.3 Å². The van der Waals surface area contributed by atoms with Gasteiger partial charge in [0.15, 0.2) is 0 Å². The highest BCUT2D eigenvalue weighted by molar-refractivity contribution is 6.51. The number of aliphatic hydroxyl groups excluding tert-OH is 1. The van der Waals surface area contributed by atoms with E-state index in [4.69, 9.17) is 14.2 Å². The van der Waals surface area contributed by atoms with E-state index in [0.717, 1.165) is 6.42 Å². The summed E-state index contributed by atoms with van der Waals surface area (Å²) < 4.78 is 16.8. The Balaban J connectivity index is 1.86. The van der Waals surface area contributed by atoms with Crippen molar-refractivity contribution >= 4 is 23.1 Å². The summed E-state index contributed by atoms with van der Waals surface area (Å²) in [6.45, 7) is 6.39. The highest BCUT2D eigenvalue weighted by Crippen LogP contribution is 2.43. The van der Waals surface area contributed by atoms with Crippen LogP contribution in [0.5, 0.6) is 17.2 Å². The largest absolute Gasteiger partial charge is 0.507 e. The first kappa shape index (κ1) is 25.8. The van der Waals surface area contributed by atoms with Crippen LogP contribution in [0.3, 0.4) is 0 Å². The van der Waals surface area contributed by atoms with Crippen LogP contribution in [0.2, 0.25) is 0 Å². The molecule has 0 radical (unpaired) electrons. The molecule has 0 aromatic heterocycles. The summed E-state index contributed by atoms with van der Waals surface area (Å²) in [5.74, 6) is 0.00345. The van der Waals surface area contributed by atoms with Crippen LogP contribution < -0.4 is 19.1 Å². The fourth-order valence-electron chi connectivity index (χ4n) is 4.28. The summed E-state index contributed by atoms with van der Waals surface area (Å²) in [7, 11) is 1.53. The lowest BCUT2D eigenvalue weighted by atomic mass is 9.95. The fourth-order valence-corrected chi connectivity index (χ4v) is 4.28. The van der Waals surface area contributed by atoms with Crippen LogP contribution in [0.15, 0.2) is 78.4 Å². The van der Waals surface area contributed by atoms with Crippen molar-refractivity contribution in [1.29, 1.82) is 0 Å². The molecular weight excluding hydrogens is 470 g/mol. The fraction of sp³-hybridized carbons (Fsp3) is 0.267. The van der Waals surface area contributed by atoms with Crippen LogP contribution >= 0.6 is 0 Å². The zero-order valence-corrected chi connectivity index (χ0v) is 21.4. The molecule has 3 aromatic carbocycles. The van der Waals surface area contributed by atoms with E-state index in [2.05, 4.69) is 0 Å². The van der Waals surface area contributed by atoms with Gasteiger partial charge in [0.05, 0.1) is 31.4 Å². The Morgan fingerprint density at radius 2 is 1.65 bits per heavy atom. The second-order valence-corrected chi connectivity index (χ2v) is 8.98. The Kier molecular flexibility index (Phi) is 7.82. The van der Waals surface area contributed by atoms with Crippen molar-refractivity contribution in [3.63, 3.8) is 0 Å².